The quantitative estimate of drug-likeness (QED) is 0.766. The van der Waals surface area contributed by atoms with Gasteiger partial charge in [-0.2, -0.15) is 13.2 Å². The minimum atomic E-state index is -4.46. The van der Waals surface area contributed by atoms with Gasteiger partial charge in [-0.05, 0) is 59.2 Å². The lowest BCUT2D eigenvalue weighted by Crippen LogP contribution is -2.54. The molecule has 170 valence electrons. The van der Waals surface area contributed by atoms with Gasteiger partial charge in [-0.3, -0.25) is 19.4 Å². The van der Waals surface area contributed by atoms with Gasteiger partial charge in [-0.1, -0.05) is 0 Å². The Bertz CT molecular complexity index is 966. The SMILES string of the molecule is CC(C(=O)NC(=O)NC(C)(C)C)N1CCCC(c2nnc3ccc(C(F)(F)F)cn23)C1. The Labute approximate surface area is 178 Å². The number of pyridine rings is 1. The lowest BCUT2D eigenvalue weighted by molar-refractivity contribution is -0.137. The third kappa shape index (κ3) is 5.52. The second-order valence-electron chi connectivity index (χ2n) is 8.91. The molecular formula is C20H27F3N6O2. The first-order chi connectivity index (χ1) is 14.3. The van der Waals surface area contributed by atoms with Crippen LogP contribution < -0.4 is 10.6 Å². The molecule has 0 bridgehead atoms. The normalized spacial score (nSPS) is 19.3. The summed E-state index contributed by atoms with van der Waals surface area (Å²) in [5, 5.41) is 13.1. The number of fused-ring (bicyclic) bond motifs is 1. The smallest absolute Gasteiger partial charge is 0.333 e. The van der Waals surface area contributed by atoms with Crippen LogP contribution in [0.3, 0.4) is 0 Å². The zero-order chi connectivity index (χ0) is 23.0. The monoisotopic (exact) mass is 440 g/mol. The van der Waals surface area contributed by atoms with Crippen LogP contribution in [-0.4, -0.2) is 56.1 Å². The highest BCUT2D eigenvalue weighted by Crippen LogP contribution is 2.31. The van der Waals surface area contributed by atoms with Crippen molar-refractivity contribution in [3.8, 4) is 0 Å². The molecule has 1 aliphatic heterocycles. The average molecular weight is 440 g/mol. The predicted molar refractivity (Wildman–Crippen MR) is 107 cm³/mol. The van der Waals surface area contributed by atoms with Crippen LogP contribution in [-0.2, 0) is 11.0 Å². The highest BCUT2D eigenvalue weighted by Gasteiger charge is 2.34. The molecule has 1 aliphatic rings. The molecule has 2 unspecified atom stereocenters. The maximum Gasteiger partial charge on any atom is 0.417 e. The lowest BCUT2D eigenvalue weighted by Gasteiger charge is -2.35. The molecule has 3 amide bonds. The van der Waals surface area contributed by atoms with Gasteiger partial charge in [0.2, 0.25) is 5.91 Å². The third-order valence-corrected chi connectivity index (χ3v) is 5.23. The zero-order valence-electron chi connectivity index (χ0n) is 18.0. The van der Waals surface area contributed by atoms with E-state index in [1.165, 1.54) is 10.5 Å². The summed E-state index contributed by atoms with van der Waals surface area (Å²) in [6.45, 7) is 8.18. The highest BCUT2D eigenvalue weighted by atomic mass is 19.4. The number of carbonyl (C=O) groups is 2. The van der Waals surface area contributed by atoms with Crippen LogP contribution in [0.2, 0.25) is 0 Å². The Balaban J connectivity index is 1.73. The maximum absolute atomic E-state index is 13.1. The van der Waals surface area contributed by atoms with Crippen LogP contribution in [0.5, 0.6) is 0 Å². The largest absolute Gasteiger partial charge is 0.417 e. The van der Waals surface area contributed by atoms with Crippen molar-refractivity contribution in [3.63, 3.8) is 0 Å². The molecular weight excluding hydrogens is 413 g/mol. The molecule has 0 radical (unpaired) electrons. The second-order valence-corrected chi connectivity index (χ2v) is 8.91. The molecule has 3 rings (SSSR count). The lowest BCUT2D eigenvalue weighted by atomic mass is 9.96. The van der Waals surface area contributed by atoms with Crippen LogP contribution in [0.1, 0.15) is 57.8 Å². The van der Waals surface area contributed by atoms with Gasteiger partial charge >= 0.3 is 12.2 Å². The van der Waals surface area contributed by atoms with Crippen LogP contribution in [0, 0.1) is 0 Å². The van der Waals surface area contributed by atoms with Gasteiger partial charge in [0.1, 0.15) is 5.82 Å². The Kier molecular flexibility index (Phi) is 6.26. The molecule has 1 saturated heterocycles. The number of nitrogens with one attached hydrogen (secondary N) is 2. The van der Waals surface area contributed by atoms with Gasteiger partial charge in [0.25, 0.3) is 0 Å². The van der Waals surface area contributed by atoms with Crippen molar-refractivity contribution in [1.82, 2.24) is 30.1 Å². The summed E-state index contributed by atoms with van der Waals surface area (Å²) in [5.74, 6) is -0.192. The molecule has 0 aromatic carbocycles. The van der Waals surface area contributed by atoms with E-state index < -0.39 is 35.3 Å². The van der Waals surface area contributed by atoms with E-state index in [-0.39, 0.29) is 5.92 Å². The fourth-order valence-corrected chi connectivity index (χ4v) is 3.68. The summed E-state index contributed by atoms with van der Waals surface area (Å²) >= 11 is 0. The zero-order valence-corrected chi connectivity index (χ0v) is 18.0. The van der Waals surface area contributed by atoms with Gasteiger partial charge in [-0.25, -0.2) is 4.79 Å². The van der Waals surface area contributed by atoms with Crippen molar-refractivity contribution in [1.29, 1.82) is 0 Å². The van der Waals surface area contributed by atoms with Crippen LogP contribution in [0.15, 0.2) is 18.3 Å². The van der Waals surface area contributed by atoms with Gasteiger partial charge in [0, 0.05) is 24.2 Å². The Morgan fingerprint density at radius 2 is 1.90 bits per heavy atom. The van der Waals surface area contributed by atoms with Gasteiger partial charge in [-0.15, -0.1) is 10.2 Å². The first-order valence-corrected chi connectivity index (χ1v) is 10.1. The first kappa shape index (κ1) is 23.0. The van der Waals surface area contributed by atoms with Crippen molar-refractivity contribution in [2.24, 2.45) is 0 Å². The summed E-state index contributed by atoms with van der Waals surface area (Å²) in [6.07, 6.45) is -2.00. The summed E-state index contributed by atoms with van der Waals surface area (Å²) in [6, 6.07) is 1.12. The summed E-state index contributed by atoms with van der Waals surface area (Å²) in [7, 11) is 0. The highest BCUT2D eigenvalue weighted by molar-refractivity contribution is 5.97. The molecule has 2 atom stereocenters. The maximum atomic E-state index is 13.1. The van der Waals surface area contributed by atoms with E-state index in [9.17, 15) is 22.8 Å². The third-order valence-electron chi connectivity index (χ3n) is 5.23. The molecule has 2 aromatic heterocycles. The molecule has 1 fully saturated rings. The minimum Gasteiger partial charge on any atom is -0.333 e. The Morgan fingerprint density at radius 1 is 1.19 bits per heavy atom. The Morgan fingerprint density at radius 3 is 2.55 bits per heavy atom. The van der Waals surface area contributed by atoms with Crippen molar-refractivity contribution in [2.75, 3.05) is 13.1 Å². The molecule has 2 N–H and O–H groups in total. The number of imide groups is 1. The number of likely N-dealkylation sites (tertiary alicyclic amines) is 1. The molecule has 0 saturated carbocycles. The number of nitrogens with zero attached hydrogens (tertiary/aromatic N) is 4. The number of carbonyl (C=O) groups excluding carboxylic acids is 2. The second kappa shape index (κ2) is 8.45. The van der Waals surface area contributed by atoms with Crippen molar-refractivity contribution in [3.05, 3.63) is 29.7 Å². The Hall–Kier alpha value is -2.69. The number of piperidine rings is 1. The molecule has 0 spiro atoms. The van der Waals surface area contributed by atoms with Crippen molar-refractivity contribution < 1.29 is 22.8 Å². The number of amides is 3. The molecule has 31 heavy (non-hydrogen) atoms. The fraction of sp³-hybridized carbons (Fsp3) is 0.600. The van der Waals surface area contributed by atoms with Crippen LogP contribution in [0.25, 0.3) is 5.65 Å². The molecule has 3 heterocycles. The standard InChI is InChI=1S/C20H27F3N6O2/c1-12(17(30)24-18(31)25-19(2,3)4)28-9-5-6-13(10-28)16-27-26-15-8-7-14(11-29(15)16)20(21,22)23/h7-8,11-13H,5-6,9-10H2,1-4H3,(H2,24,25,30,31). The van der Waals surface area contributed by atoms with Crippen LogP contribution >= 0.6 is 0 Å². The number of hydrogen-bond acceptors (Lipinski definition) is 5. The van der Waals surface area contributed by atoms with Crippen LogP contribution in [0.4, 0.5) is 18.0 Å². The minimum absolute atomic E-state index is 0.189. The average Bonchev–Trinajstić information content (AvgIpc) is 3.08. The van der Waals surface area contributed by atoms with E-state index in [2.05, 4.69) is 20.8 Å². The molecule has 11 heteroatoms. The topological polar surface area (TPSA) is 91.6 Å². The molecule has 2 aromatic rings. The number of urea groups is 1. The number of hydrogen-bond donors (Lipinski definition) is 2. The fourth-order valence-electron chi connectivity index (χ4n) is 3.68. The number of aromatic nitrogens is 3. The van der Waals surface area contributed by atoms with Crippen molar-refractivity contribution in [2.45, 2.75) is 64.2 Å². The van der Waals surface area contributed by atoms with E-state index in [1.807, 2.05) is 25.7 Å². The summed E-state index contributed by atoms with van der Waals surface area (Å²) in [5.41, 5.74) is -0.913. The van der Waals surface area contributed by atoms with Gasteiger partial charge < -0.3 is 5.32 Å². The van der Waals surface area contributed by atoms with E-state index in [0.29, 0.717) is 31.0 Å². The molecule has 8 nitrogen and oxygen atoms in total. The van der Waals surface area contributed by atoms with Gasteiger partial charge in [0.15, 0.2) is 5.65 Å². The number of alkyl halides is 3. The van der Waals surface area contributed by atoms with Gasteiger partial charge in [0.05, 0.1) is 11.6 Å². The summed E-state index contributed by atoms with van der Waals surface area (Å²) in [4.78, 5) is 26.4. The van der Waals surface area contributed by atoms with Crippen molar-refractivity contribution >= 4 is 17.6 Å². The predicted octanol–water partition coefficient (Wildman–Crippen LogP) is 2.94. The van der Waals surface area contributed by atoms with E-state index in [1.54, 1.807) is 6.92 Å². The first-order valence-electron chi connectivity index (χ1n) is 10.1. The molecule has 0 aliphatic carbocycles. The summed E-state index contributed by atoms with van der Waals surface area (Å²) < 4.78 is 40.7. The van der Waals surface area contributed by atoms with E-state index in [0.717, 1.165) is 18.7 Å². The number of halogens is 3. The van der Waals surface area contributed by atoms with E-state index >= 15 is 0 Å². The van der Waals surface area contributed by atoms with E-state index in [4.69, 9.17) is 0 Å². The number of rotatable bonds is 3.